The van der Waals surface area contributed by atoms with E-state index in [2.05, 4.69) is 20.1 Å². The zero-order valence-electron chi connectivity index (χ0n) is 16.4. The SMILES string of the molecule is COc1cccc(CN2CCN(CC(=O)Nc3ccc(C(C)=O)cc3)CC2)n1. The largest absolute Gasteiger partial charge is 0.481 e. The molecular formula is C21H26N4O3. The molecule has 0 atom stereocenters. The Morgan fingerprint density at radius 1 is 1.04 bits per heavy atom. The molecule has 0 saturated carbocycles. The maximum atomic E-state index is 12.3. The molecule has 148 valence electrons. The third-order valence-corrected chi connectivity index (χ3v) is 4.78. The summed E-state index contributed by atoms with van der Waals surface area (Å²) in [4.78, 5) is 32.5. The molecule has 0 aliphatic carbocycles. The molecule has 7 heteroatoms. The van der Waals surface area contributed by atoms with Crippen LogP contribution in [0.3, 0.4) is 0 Å². The van der Waals surface area contributed by atoms with Crippen molar-refractivity contribution in [3.8, 4) is 5.88 Å². The molecule has 1 aliphatic rings. The van der Waals surface area contributed by atoms with Crippen LogP contribution in [0.1, 0.15) is 23.0 Å². The lowest BCUT2D eigenvalue weighted by Gasteiger charge is -2.34. The zero-order valence-corrected chi connectivity index (χ0v) is 16.4. The molecule has 28 heavy (non-hydrogen) atoms. The van der Waals surface area contributed by atoms with Crippen LogP contribution in [-0.2, 0) is 11.3 Å². The highest BCUT2D eigenvalue weighted by Crippen LogP contribution is 2.12. The fourth-order valence-electron chi connectivity index (χ4n) is 3.19. The molecule has 2 heterocycles. The van der Waals surface area contributed by atoms with Gasteiger partial charge < -0.3 is 10.1 Å². The van der Waals surface area contributed by atoms with E-state index >= 15 is 0 Å². The third kappa shape index (κ3) is 5.61. The van der Waals surface area contributed by atoms with Crippen LogP contribution < -0.4 is 10.1 Å². The van der Waals surface area contributed by atoms with E-state index in [1.807, 2.05) is 18.2 Å². The number of hydrogen-bond donors (Lipinski definition) is 1. The predicted octanol–water partition coefficient (Wildman–Crippen LogP) is 2.05. The van der Waals surface area contributed by atoms with Crippen molar-refractivity contribution in [2.45, 2.75) is 13.5 Å². The molecule has 1 N–H and O–H groups in total. The molecule has 1 fully saturated rings. The number of ketones is 1. The van der Waals surface area contributed by atoms with Crippen LogP contribution in [0.2, 0.25) is 0 Å². The number of hydrogen-bond acceptors (Lipinski definition) is 6. The molecule has 0 spiro atoms. The van der Waals surface area contributed by atoms with Crippen LogP contribution in [0, 0.1) is 0 Å². The normalized spacial score (nSPS) is 15.2. The van der Waals surface area contributed by atoms with Crippen LogP contribution in [-0.4, -0.2) is 66.3 Å². The third-order valence-electron chi connectivity index (χ3n) is 4.78. The zero-order chi connectivity index (χ0) is 19.9. The van der Waals surface area contributed by atoms with Gasteiger partial charge in [0.25, 0.3) is 0 Å². The van der Waals surface area contributed by atoms with Crippen LogP contribution in [0.5, 0.6) is 5.88 Å². The number of nitrogens with zero attached hydrogens (tertiary/aromatic N) is 3. The summed E-state index contributed by atoms with van der Waals surface area (Å²) in [7, 11) is 1.62. The Bertz CT molecular complexity index is 815. The molecule has 0 unspecified atom stereocenters. The second-order valence-electron chi connectivity index (χ2n) is 6.91. The van der Waals surface area contributed by atoms with Gasteiger partial charge in [0.2, 0.25) is 11.8 Å². The maximum absolute atomic E-state index is 12.3. The molecule has 3 rings (SSSR count). The number of piperazine rings is 1. The van der Waals surface area contributed by atoms with Crippen LogP contribution >= 0.6 is 0 Å². The van der Waals surface area contributed by atoms with Gasteiger partial charge >= 0.3 is 0 Å². The second kappa shape index (κ2) is 9.43. The van der Waals surface area contributed by atoms with Gasteiger partial charge in [0, 0.05) is 50.0 Å². The van der Waals surface area contributed by atoms with Gasteiger partial charge in [-0.3, -0.25) is 19.4 Å². The first kappa shape index (κ1) is 20.0. The molecule has 2 aromatic rings. The number of carbonyl (C=O) groups is 2. The smallest absolute Gasteiger partial charge is 0.238 e. The fraction of sp³-hybridized carbons (Fsp3) is 0.381. The molecule has 7 nitrogen and oxygen atoms in total. The van der Waals surface area contributed by atoms with E-state index in [-0.39, 0.29) is 11.7 Å². The van der Waals surface area contributed by atoms with E-state index in [0.29, 0.717) is 23.7 Å². The highest BCUT2D eigenvalue weighted by atomic mass is 16.5. The standard InChI is InChI=1S/C21H26N4O3/c1-16(26)17-6-8-18(9-7-17)22-20(27)15-25-12-10-24(11-13-25)14-19-4-3-5-21(23-19)28-2/h3-9H,10-15H2,1-2H3,(H,22,27). The van der Waals surface area contributed by atoms with Gasteiger partial charge in [-0.05, 0) is 37.3 Å². The highest BCUT2D eigenvalue weighted by Gasteiger charge is 2.19. The van der Waals surface area contributed by atoms with Crippen LogP contribution in [0.25, 0.3) is 0 Å². The summed E-state index contributed by atoms with van der Waals surface area (Å²) in [6.07, 6.45) is 0. The van der Waals surface area contributed by atoms with Crippen molar-refractivity contribution >= 4 is 17.4 Å². The molecule has 1 aromatic carbocycles. The first-order chi connectivity index (χ1) is 13.5. The molecule has 0 radical (unpaired) electrons. The highest BCUT2D eigenvalue weighted by molar-refractivity contribution is 5.96. The minimum absolute atomic E-state index is 0.0138. The Hall–Kier alpha value is -2.77. The summed E-state index contributed by atoms with van der Waals surface area (Å²) in [6, 6.07) is 12.8. The van der Waals surface area contributed by atoms with Crippen molar-refractivity contribution < 1.29 is 14.3 Å². The molecule has 1 aromatic heterocycles. The van der Waals surface area contributed by atoms with Gasteiger partial charge in [0.1, 0.15) is 0 Å². The number of benzene rings is 1. The first-order valence-corrected chi connectivity index (χ1v) is 9.39. The number of carbonyl (C=O) groups excluding carboxylic acids is 2. The van der Waals surface area contributed by atoms with Crippen molar-refractivity contribution in [3.05, 3.63) is 53.7 Å². The minimum atomic E-state index is -0.0431. The van der Waals surface area contributed by atoms with Crippen molar-refractivity contribution in [3.63, 3.8) is 0 Å². The minimum Gasteiger partial charge on any atom is -0.481 e. The number of methoxy groups -OCH3 is 1. The van der Waals surface area contributed by atoms with Gasteiger partial charge in [0.15, 0.2) is 5.78 Å². The number of anilines is 1. The topological polar surface area (TPSA) is 74.8 Å². The average Bonchev–Trinajstić information content (AvgIpc) is 2.70. The lowest BCUT2D eigenvalue weighted by Crippen LogP contribution is -2.48. The lowest BCUT2D eigenvalue weighted by molar-refractivity contribution is -0.117. The Morgan fingerprint density at radius 2 is 1.71 bits per heavy atom. The summed E-state index contributed by atoms with van der Waals surface area (Å²) < 4.78 is 5.17. The first-order valence-electron chi connectivity index (χ1n) is 9.39. The Balaban J connectivity index is 1.43. The number of nitrogens with one attached hydrogen (secondary N) is 1. The fourth-order valence-corrected chi connectivity index (χ4v) is 3.19. The quantitative estimate of drug-likeness (QED) is 0.739. The van der Waals surface area contributed by atoms with Crippen LogP contribution in [0.15, 0.2) is 42.5 Å². The van der Waals surface area contributed by atoms with E-state index in [1.54, 1.807) is 31.4 Å². The van der Waals surface area contributed by atoms with E-state index in [9.17, 15) is 9.59 Å². The van der Waals surface area contributed by atoms with Gasteiger partial charge in [-0.15, -0.1) is 0 Å². The number of pyridine rings is 1. The van der Waals surface area contributed by atoms with E-state index in [0.717, 1.165) is 38.4 Å². The Kier molecular flexibility index (Phi) is 6.73. The number of amides is 1. The van der Waals surface area contributed by atoms with Crippen LogP contribution in [0.4, 0.5) is 5.69 Å². The van der Waals surface area contributed by atoms with Gasteiger partial charge in [0.05, 0.1) is 19.3 Å². The molecule has 1 aliphatic heterocycles. The summed E-state index contributed by atoms with van der Waals surface area (Å²) >= 11 is 0. The Morgan fingerprint density at radius 3 is 2.36 bits per heavy atom. The molecule has 1 amide bonds. The molecule has 1 saturated heterocycles. The summed E-state index contributed by atoms with van der Waals surface area (Å²) in [5.74, 6) is 0.600. The Labute approximate surface area is 165 Å². The summed E-state index contributed by atoms with van der Waals surface area (Å²) in [5, 5.41) is 2.89. The summed E-state index contributed by atoms with van der Waals surface area (Å²) in [6.45, 7) is 6.11. The number of ether oxygens (including phenoxy) is 1. The van der Waals surface area contributed by atoms with E-state index < -0.39 is 0 Å². The van der Waals surface area contributed by atoms with Crippen molar-refractivity contribution in [2.24, 2.45) is 0 Å². The van der Waals surface area contributed by atoms with Gasteiger partial charge in [-0.2, -0.15) is 0 Å². The maximum Gasteiger partial charge on any atom is 0.238 e. The molecular weight excluding hydrogens is 356 g/mol. The predicted molar refractivity (Wildman–Crippen MR) is 108 cm³/mol. The second-order valence-corrected chi connectivity index (χ2v) is 6.91. The monoisotopic (exact) mass is 382 g/mol. The summed E-state index contributed by atoms with van der Waals surface area (Å²) in [5.41, 5.74) is 2.33. The van der Waals surface area contributed by atoms with Crippen molar-refractivity contribution in [1.82, 2.24) is 14.8 Å². The number of rotatable bonds is 7. The molecule has 0 bridgehead atoms. The number of Topliss-reactive ketones (excluding diaryl/α,β-unsaturated/α-hetero) is 1. The number of aromatic nitrogens is 1. The van der Waals surface area contributed by atoms with E-state index in [4.69, 9.17) is 4.74 Å². The van der Waals surface area contributed by atoms with Crippen molar-refractivity contribution in [1.29, 1.82) is 0 Å². The van der Waals surface area contributed by atoms with E-state index in [1.165, 1.54) is 6.92 Å². The lowest BCUT2D eigenvalue weighted by atomic mass is 10.1. The van der Waals surface area contributed by atoms with Gasteiger partial charge in [-0.25, -0.2) is 4.98 Å². The average molecular weight is 382 g/mol. The van der Waals surface area contributed by atoms with Gasteiger partial charge in [-0.1, -0.05) is 6.07 Å². The van der Waals surface area contributed by atoms with Crippen molar-refractivity contribution in [2.75, 3.05) is 45.2 Å².